The van der Waals surface area contributed by atoms with E-state index in [1.165, 1.54) is 6.07 Å². The minimum Gasteiger partial charge on any atom is -0.329 e. The summed E-state index contributed by atoms with van der Waals surface area (Å²) in [5.74, 6) is 0.389. The van der Waals surface area contributed by atoms with Gasteiger partial charge < -0.3 is 5.73 Å². The molecule has 0 saturated heterocycles. The van der Waals surface area contributed by atoms with Crippen LogP contribution in [-0.4, -0.2) is 25.0 Å². The minimum absolute atomic E-state index is 0.0454. The van der Waals surface area contributed by atoms with E-state index in [0.29, 0.717) is 12.5 Å². The van der Waals surface area contributed by atoms with Crippen LogP contribution in [-0.2, 0) is 0 Å². The molecular weight excluding hydrogens is 295 g/mol. The maximum Gasteiger partial charge on any atom is 0.123 e. The van der Waals surface area contributed by atoms with Crippen molar-refractivity contribution in [3.8, 4) is 0 Å². The number of nitrogens with zero attached hydrogens (tertiary/aromatic N) is 1. The minimum atomic E-state index is -0.219. The molecule has 0 fully saturated rings. The molecule has 1 aromatic carbocycles. The number of halogens is 2. The molecule has 0 amide bonds. The first-order chi connectivity index (χ1) is 8.49. The lowest BCUT2D eigenvalue weighted by atomic mass is 10.0. The summed E-state index contributed by atoms with van der Waals surface area (Å²) in [7, 11) is 2.04. The van der Waals surface area contributed by atoms with Gasteiger partial charge in [0, 0.05) is 23.6 Å². The summed E-state index contributed by atoms with van der Waals surface area (Å²) in [6.45, 7) is 5.83. The lowest BCUT2D eigenvalue weighted by Gasteiger charge is -2.30. The Kier molecular flexibility index (Phi) is 6.26. The molecule has 0 radical (unpaired) electrons. The lowest BCUT2D eigenvalue weighted by Crippen LogP contribution is -2.33. The second-order valence-corrected chi connectivity index (χ2v) is 5.72. The Balaban J connectivity index is 2.91. The van der Waals surface area contributed by atoms with E-state index in [4.69, 9.17) is 5.73 Å². The molecule has 0 aliphatic carbocycles. The van der Waals surface area contributed by atoms with E-state index < -0.39 is 0 Å². The van der Waals surface area contributed by atoms with Gasteiger partial charge in [-0.2, -0.15) is 0 Å². The van der Waals surface area contributed by atoms with Crippen molar-refractivity contribution >= 4 is 15.9 Å². The summed E-state index contributed by atoms with van der Waals surface area (Å²) >= 11 is 3.47. The molecule has 0 spiro atoms. The predicted octanol–water partition coefficient (Wildman–Crippen LogP) is 3.57. The Morgan fingerprint density at radius 1 is 1.44 bits per heavy atom. The fourth-order valence-electron chi connectivity index (χ4n) is 2.06. The van der Waals surface area contributed by atoms with Crippen LogP contribution in [0.5, 0.6) is 0 Å². The van der Waals surface area contributed by atoms with E-state index in [1.807, 2.05) is 7.05 Å². The third kappa shape index (κ3) is 4.04. The van der Waals surface area contributed by atoms with Crippen LogP contribution in [0, 0.1) is 11.7 Å². The largest absolute Gasteiger partial charge is 0.329 e. The highest BCUT2D eigenvalue weighted by molar-refractivity contribution is 9.10. The number of nitrogens with two attached hydrogens (primary N) is 1. The van der Waals surface area contributed by atoms with Crippen molar-refractivity contribution in [1.29, 1.82) is 0 Å². The average Bonchev–Trinajstić information content (AvgIpc) is 2.34. The predicted molar refractivity (Wildman–Crippen MR) is 78.0 cm³/mol. The van der Waals surface area contributed by atoms with E-state index in [2.05, 4.69) is 34.7 Å². The number of benzene rings is 1. The molecule has 2 N–H and O–H groups in total. The Morgan fingerprint density at radius 3 is 2.67 bits per heavy atom. The van der Waals surface area contributed by atoms with Gasteiger partial charge in [-0.3, -0.25) is 4.90 Å². The van der Waals surface area contributed by atoms with Gasteiger partial charge in [0.1, 0.15) is 5.82 Å². The Hall–Kier alpha value is -0.450. The third-order valence-electron chi connectivity index (χ3n) is 3.37. The molecule has 0 aliphatic rings. The molecule has 2 nitrogen and oxygen atoms in total. The van der Waals surface area contributed by atoms with Gasteiger partial charge in [-0.25, -0.2) is 4.39 Å². The van der Waals surface area contributed by atoms with Gasteiger partial charge in [-0.1, -0.05) is 36.2 Å². The van der Waals surface area contributed by atoms with Crippen molar-refractivity contribution in [3.05, 3.63) is 34.1 Å². The van der Waals surface area contributed by atoms with Crippen LogP contribution in [0.1, 0.15) is 31.9 Å². The van der Waals surface area contributed by atoms with Crippen molar-refractivity contribution in [2.24, 2.45) is 11.7 Å². The molecule has 4 heteroatoms. The monoisotopic (exact) mass is 316 g/mol. The molecule has 0 heterocycles. The van der Waals surface area contributed by atoms with Gasteiger partial charge in [0.25, 0.3) is 0 Å². The Morgan fingerprint density at radius 2 is 2.11 bits per heavy atom. The van der Waals surface area contributed by atoms with Gasteiger partial charge in [-0.15, -0.1) is 0 Å². The van der Waals surface area contributed by atoms with Gasteiger partial charge in [0.05, 0.1) is 0 Å². The molecule has 0 aliphatic heterocycles. The standard InChI is InChI=1S/C14H22BrFN2/c1-4-10(2)9-18(3)14(8-17)12-7-11(16)5-6-13(12)15/h5-7,10,14H,4,8-9,17H2,1-3H3. The second kappa shape index (κ2) is 7.22. The molecule has 0 aromatic heterocycles. The van der Waals surface area contributed by atoms with Crippen LogP contribution < -0.4 is 5.73 Å². The average molecular weight is 317 g/mol. The SMILES string of the molecule is CCC(C)CN(C)C(CN)c1cc(F)ccc1Br. The Bertz CT molecular complexity index is 384. The molecule has 102 valence electrons. The normalized spacial score (nSPS) is 14.8. The summed E-state index contributed by atoms with van der Waals surface area (Å²) in [6.07, 6.45) is 1.13. The topological polar surface area (TPSA) is 29.3 Å². The highest BCUT2D eigenvalue weighted by atomic mass is 79.9. The maximum absolute atomic E-state index is 13.4. The zero-order valence-corrected chi connectivity index (χ0v) is 12.9. The summed E-state index contributed by atoms with van der Waals surface area (Å²) in [4.78, 5) is 2.20. The van der Waals surface area contributed by atoms with E-state index in [9.17, 15) is 4.39 Å². The molecule has 1 aromatic rings. The van der Waals surface area contributed by atoms with Gasteiger partial charge in [0.2, 0.25) is 0 Å². The van der Waals surface area contributed by atoms with Crippen molar-refractivity contribution < 1.29 is 4.39 Å². The smallest absolute Gasteiger partial charge is 0.123 e. The molecule has 2 unspecified atom stereocenters. The van der Waals surface area contributed by atoms with E-state index >= 15 is 0 Å². The van der Waals surface area contributed by atoms with Gasteiger partial charge in [0.15, 0.2) is 0 Å². The van der Waals surface area contributed by atoms with Crippen LogP contribution in [0.25, 0.3) is 0 Å². The highest BCUT2D eigenvalue weighted by Crippen LogP contribution is 2.28. The number of rotatable bonds is 6. The zero-order valence-electron chi connectivity index (χ0n) is 11.3. The summed E-state index contributed by atoms with van der Waals surface area (Å²) < 4.78 is 14.3. The van der Waals surface area contributed by atoms with Gasteiger partial charge >= 0.3 is 0 Å². The summed E-state index contributed by atoms with van der Waals surface area (Å²) in [5.41, 5.74) is 6.78. The molecule has 2 atom stereocenters. The number of likely N-dealkylation sites (N-methyl/N-ethyl adjacent to an activating group) is 1. The highest BCUT2D eigenvalue weighted by Gasteiger charge is 2.19. The van der Waals surface area contributed by atoms with Crippen molar-refractivity contribution in [2.45, 2.75) is 26.3 Å². The van der Waals surface area contributed by atoms with Crippen LogP contribution in [0.4, 0.5) is 4.39 Å². The summed E-state index contributed by atoms with van der Waals surface area (Å²) in [6, 6.07) is 4.80. The van der Waals surface area contributed by atoms with Crippen molar-refractivity contribution in [1.82, 2.24) is 4.90 Å². The first-order valence-corrected chi connectivity index (χ1v) is 7.14. The van der Waals surface area contributed by atoms with Crippen molar-refractivity contribution in [2.75, 3.05) is 20.1 Å². The van der Waals surface area contributed by atoms with Crippen LogP contribution in [0.15, 0.2) is 22.7 Å². The molecule has 0 saturated carbocycles. The zero-order chi connectivity index (χ0) is 13.7. The van der Waals surface area contributed by atoms with Gasteiger partial charge in [-0.05, 0) is 36.7 Å². The van der Waals surface area contributed by atoms with Crippen molar-refractivity contribution in [3.63, 3.8) is 0 Å². The summed E-state index contributed by atoms with van der Waals surface area (Å²) in [5, 5.41) is 0. The fraction of sp³-hybridized carbons (Fsp3) is 0.571. The van der Waals surface area contributed by atoms with E-state index in [-0.39, 0.29) is 11.9 Å². The van der Waals surface area contributed by atoms with E-state index in [0.717, 1.165) is 23.0 Å². The van der Waals surface area contributed by atoms with E-state index in [1.54, 1.807) is 12.1 Å². The Labute approximate surface area is 117 Å². The lowest BCUT2D eigenvalue weighted by molar-refractivity contribution is 0.214. The molecule has 18 heavy (non-hydrogen) atoms. The molecule has 1 rings (SSSR count). The maximum atomic E-state index is 13.4. The van der Waals surface area contributed by atoms with Crippen LogP contribution in [0.2, 0.25) is 0 Å². The molecular formula is C14H22BrFN2. The third-order valence-corrected chi connectivity index (χ3v) is 4.09. The fourth-order valence-corrected chi connectivity index (χ4v) is 2.57. The first-order valence-electron chi connectivity index (χ1n) is 6.34. The van der Waals surface area contributed by atoms with Crippen LogP contribution in [0.3, 0.4) is 0 Å². The number of hydrogen-bond acceptors (Lipinski definition) is 2. The quantitative estimate of drug-likeness (QED) is 0.869. The molecule has 0 bridgehead atoms. The second-order valence-electron chi connectivity index (χ2n) is 4.87. The number of hydrogen-bond donors (Lipinski definition) is 1. The first kappa shape index (κ1) is 15.6. The van der Waals surface area contributed by atoms with Crippen LogP contribution >= 0.6 is 15.9 Å².